The van der Waals surface area contributed by atoms with E-state index in [1.807, 2.05) is 29.1 Å². The molecule has 146 valence electrons. The Morgan fingerprint density at radius 1 is 1.14 bits per heavy atom. The Bertz CT molecular complexity index is 1270. The normalized spacial score (nSPS) is 11.5. The van der Waals surface area contributed by atoms with Crippen molar-refractivity contribution in [1.82, 2.24) is 29.5 Å². The second-order valence-electron chi connectivity index (χ2n) is 6.49. The Morgan fingerprint density at radius 2 is 2.03 bits per heavy atom. The van der Waals surface area contributed by atoms with E-state index in [4.69, 9.17) is 4.52 Å². The maximum Gasteiger partial charge on any atom is 0.237 e. The highest BCUT2D eigenvalue weighted by Gasteiger charge is 2.18. The number of rotatable bonds is 6. The first-order valence-corrected chi connectivity index (χ1v) is 11.1. The van der Waals surface area contributed by atoms with Gasteiger partial charge in [0, 0.05) is 36.3 Å². The summed E-state index contributed by atoms with van der Waals surface area (Å²) in [5.74, 6) is 2.59. The molecule has 0 radical (unpaired) electrons. The number of benzene rings is 1. The monoisotopic (exact) mass is 422 g/mol. The van der Waals surface area contributed by atoms with E-state index in [1.54, 1.807) is 11.3 Å². The first kappa shape index (κ1) is 18.1. The van der Waals surface area contributed by atoms with Gasteiger partial charge in [-0.1, -0.05) is 41.2 Å². The van der Waals surface area contributed by atoms with Crippen LogP contribution < -0.4 is 0 Å². The van der Waals surface area contributed by atoms with Crippen molar-refractivity contribution in [1.29, 1.82) is 0 Å². The fraction of sp³-hybridized carbons (Fsp3) is 0.200. The maximum absolute atomic E-state index is 5.38. The number of para-hydroxylation sites is 1. The molecule has 0 N–H and O–H groups in total. The van der Waals surface area contributed by atoms with Crippen LogP contribution in [0, 0.1) is 0 Å². The minimum atomic E-state index is 0.543. The van der Waals surface area contributed by atoms with Crippen LogP contribution >= 0.6 is 23.1 Å². The van der Waals surface area contributed by atoms with Gasteiger partial charge in [-0.25, -0.2) is 0 Å². The molecule has 29 heavy (non-hydrogen) atoms. The molecular weight excluding hydrogens is 404 g/mol. The van der Waals surface area contributed by atoms with Gasteiger partial charge < -0.3 is 13.7 Å². The molecule has 0 bridgehead atoms. The van der Waals surface area contributed by atoms with E-state index in [0.717, 1.165) is 28.0 Å². The van der Waals surface area contributed by atoms with E-state index >= 15 is 0 Å². The molecule has 5 rings (SSSR count). The van der Waals surface area contributed by atoms with Gasteiger partial charge in [-0.05, 0) is 24.4 Å². The predicted molar refractivity (Wildman–Crippen MR) is 115 cm³/mol. The van der Waals surface area contributed by atoms with Gasteiger partial charge in [0.15, 0.2) is 11.0 Å². The molecule has 7 nitrogen and oxygen atoms in total. The van der Waals surface area contributed by atoms with Crippen molar-refractivity contribution in [2.45, 2.75) is 24.4 Å². The summed E-state index contributed by atoms with van der Waals surface area (Å²) in [7, 11) is 1.99. The number of fused-ring (bicyclic) bond motifs is 1. The molecule has 0 saturated heterocycles. The van der Waals surface area contributed by atoms with Crippen LogP contribution in [-0.4, -0.2) is 29.5 Å². The molecule has 4 aromatic heterocycles. The quantitative estimate of drug-likeness (QED) is 0.364. The summed E-state index contributed by atoms with van der Waals surface area (Å²) >= 11 is 3.13. The molecule has 4 heterocycles. The highest BCUT2D eigenvalue weighted by molar-refractivity contribution is 7.98. The zero-order valence-electron chi connectivity index (χ0n) is 15.9. The second-order valence-corrected chi connectivity index (χ2v) is 8.38. The van der Waals surface area contributed by atoms with E-state index in [0.29, 0.717) is 17.5 Å². The Morgan fingerprint density at radius 3 is 2.86 bits per heavy atom. The van der Waals surface area contributed by atoms with Gasteiger partial charge in [-0.3, -0.25) is 0 Å². The van der Waals surface area contributed by atoms with E-state index in [1.165, 1.54) is 22.7 Å². The average Bonchev–Trinajstić information content (AvgIpc) is 3.52. The predicted octanol–water partition coefficient (Wildman–Crippen LogP) is 4.86. The number of hydrogen-bond acceptors (Lipinski definition) is 7. The van der Waals surface area contributed by atoms with Gasteiger partial charge in [0.2, 0.25) is 11.7 Å². The lowest BCUT2D eigenvalue weighted by atomic mass is 10.1. The second kappa shape index (κ2) is 7.49. The van der Waals surface area contributed by atoms with Gasteiger partial charge in [0.1, 0.15) is 0 Å². The molecule has 0 aliphatic rings. The largest absolute Gasteiger partial charge is 0.347 e. The fourth-order valence-corrected chi connectivity index (χ4v) is 4.71. The summed E-state index contributed by atoms with van der Waals surface area (Å²) in [6, 6.07) is 12.3. The lowest BCUT2D eigenvalue weighted by Gasteiger charge is -2.01. The van der Waals surface area contributed by atoms with Crippen LogP contribution in [0.1, 0.15) is 12.8 Å². The van der Waals surface area contributed by atoms with Gasteiger partial charge >= 0.3 is 0 Å². The molecular formula is C20H18N6OS2. The Labute approximate surface area is 175 Å². The SMILES string of the molecule is CCn1cc(-c2nnc(SCc3nc(-c4cccs4)no3)n2C)c2ccccc21. The lowest BCUT2D eigenvalue weighted by Crippen LogP contribution is -1.95. The molecule has 0 saturated carbocycles. The van der Waals surface area contributed by atoms with Crippen molar-refractivity contribution < 1.29 is 4.52 Å². The molecule has 0 spiro atoms. The maximum atomic E-state index is 5.38. The van der Waals surface area contributed by atoms with E-state index in [2.05, 4.69) is 62.3 Å². The third-order valence-electron chi connectivity index (χ3n) is 4.74. The van der Waals surface area contributed by atoms with Gasteiger partial charge in [0.25, 0.3) is 0 Å². The first-order chi connectivity index (χ1) is 14.2. The molecule has 0 fully saturated rings. The Hall–Kier alpha value is -2.91. The third-order valence-corrected chi connectivity index (χ3v) is 6.61. The van der Waals surface area contributed by atoms with Crippen molar-refractivity contribution >= 4 is 34.0 Å². The van der Waals surface area contributed by atoms with Crippen molar-refractivity contribution in [3.63, 3.8) is 0 Å². The number of hydrogen-bond donors (Lipinski definition) is 0. The molecule has 5 aromatic rings. The van der Waals surface area contributed by atoms with E-state index in [-0.39, 0.29) is 0 Å². The van der Waals surface area contributed by atoms with Gasteiger partial charge in [0.05, 0.1) is 10.6 Å². The molecule has 0 aliphatic heterocycles. The van der Waals surface area contributed by atoms with E-state index < -0.39 is 0 Å². The number of aryl methyl sites for hydroxylation is 1. The summed E-state index contributed by atoms with van der Waals surface area (Å²) in [6.45, 7) is 3.05. The standard InChI is InChI=1S/C20H18N6OS2/c1-3-26-11-14(13-7-4-5-8-15(13)26)19-22-23-20(25(19)2)29-12-17-21-18(24-27-17)16-9-6-10-28-16/h4-11H,3,12H2,1-2H3. The summed E-state index contributed by atoms with van der Waals surface area (Å²) < 4.78 is 9.63. The molecule has 0 aliphatic carbocycles. The third kappa shape index (κ3) is 3.26. The van der Waals surface area contributed by atoms with E-state index in [9.17, 15) is 0 Å². The topological polar surface area (TPSA) is 74.6 Å². The van der Waals surface area contributed by atoms with Crippen molar-refractivity contribution in [3.8, 4) is 22.1 Å². The van der Waals surface area contributed by atoms with Crippen LogP contribution in [0.5, 0.6) is 0 Å². The highest BCUT2D eigenvalue weighted by atomic mass is 32.2. The zero-order chi connectivity index (χ0) is 19.8. The number of aromatic nitrogens is 6. The molecule has 0 amide bonds. The fourth-order valence-electron chi connectivity index (χ4n) is 3.31. The number of nitrogens with zero attached hydrogens (tertiary/aromatic N) is 6. The molecule has 1 aromatic carbocycles. The van der Waals surface area contributed by atoms with Crippen molar-refractivity contribution in [2.24, 2.45) is 7.05 Å². The number of thiophene rings is 1. The summed E-state index contributed by atoms with van der Waals surface area (Å²) in [4.78, 5) is 5.47. The Kier molecular flexibility index (Phi) is 4.69. The zero-order valence-corrected chi connectivity index (χ0v) is 17.6. The minimum absolute atomic E-state index is 0.543. The highest BCUT2D eigenvalue weighted by Crippen LogP contribution is 2.32. The van der Waals surface area contributed by atoms with Gasteiger partial charge in [-0.2, -0.15) is 4.98 Å². The summed E-state index contributed by atoms with van der Waals surface area (Å²) in [5, 5.41) is 16.9. The average molecular weight is 423 g/mol. The van der Waals surface area contributed by atoms with Crippen LogP contribution in [0.4, 0.5) is 0 Å². The van der Waals surface area contributed by atoms with Crippen molar-refractivity contribution in [2.75, 3.05) is 0 Å². The Balaban J connectivity index is 1.39. The van der Waals surface area contributed by atoms with Crippen LogP contribution in [0.2, 0.25) is 0 Å². The smallest absolute Gasteiger partial charge is 0.237 e. The summed E-state index contributed by atoms with van der Waals surface area (Å²) in [6.07, 6.45) is 2.15. The first-order valence-electron chi connectivity index (χ1n) is 9.21. The minimum Gasteiger partial charge on any atom is -0.347 e. The van der Waals surface area contributed by atoms with Crippen LogP contribution in [0.15, 0.2) is 57.7 Å². The lowest BCUT2D eigenvalue weighted by molar-refractivity contribution is 0.391. The molecule has 0 unspecified atom stereocenters. The molecule has 0 atom stereocenters. The van der Waals surface area contributed by atoms with Gasteiger partial charge in [-0.15, -0.1) is 21.5 Å². The van der Waals surface area contributed by atoms with Crippen LogP contribution in [0.3, 0.4) is 0 Å². The molecule has 9 heteroatoms. The van der Waals surface area contributed by atoms with Crippen LogP contribution in [0.25, 0.3) is 33.0 Å². The van der Waals surface area contributed by atoms with Crippen LogP contribution in [-0.2, 0) is 19.3 Å². The van der Waals surface area contributed by atoms with Crippen molar-refractivity contribution in [3.05, 3.63) is 53.9 Å². The number of thioether (sulfide) groups is 1. The summed E-state index contributed by atoms with van der Waals surface area (Å²) in [5.41, 5.74) is 2.29.